The number of ether oxygens (including phenoxy) is 2. The first-order valence-electron chi connectivity index (χ1n) is 14.4. The number of ketones is 1. The zero-order valence-corrected chi connectivity index (χ0v) is 25.1. The average Bonchev–Trinajstić information content (AvgIpc) is 3.57. The number of halogens is 4. The number of pyridine rings is 2. The van der Waals surface area contributed by atoms with E-state index in [4.69, 9.17) is 9.47 Å². The molecule has 226 valence electrons. The van der Waals surface area contributed by atoms with E-state index in [1.54, 1.807) is 25.3 Å². The minimum atomic E-state index is -4.33. The van der Waals surface area contributed by atoms with Crippen LogP contribution in [-0.2, 0) is 16.1 Å². The van der Waals surface area contributed by atoms with Gasteiger partial charge in [-0.1, -0.05) is 30.3 Å². The lowest BCUT2D eigenvalue weighted by Crippen LogP contribution is -2.42. The Bertz CT molecular complexity index is 1510. The van der Waals surface area contributed by atoms with Gasteiger partial charge in [-0.15, -0.1) is 0 Å². The summed E-state index contributed by atoms with van der Waals surface area (Å²) in [7, 11) is 0. The van der Waals surface area contributed by atoms with Gasteiger partial charge in [-0.05, 0) is 84.1 Å². The monoisotopic (exact) mass is 657 g/mol. The van der Waals surface area contributed by atoms with Crippen molar-refractivity contribution in [2.45, 2.75) is 57.9 Å². The minimum absolute atomic E-state index is 0.0203. The molecule has 11 heteroatoms. The van der Waals surface area contributed by atoms with Gasteiger partial charge in [0.05, 0.1) is 22.8 Å². The lowest BCUT2D eigenvalue weighted by molar-refractivity contribution is -0.244. The number of amides is 1. The molecule has 3 saturated carbocycles. The largest absolute Gasteiger partial charge is 0.473 e. The van der Waals surface area contributed by atoms with Crippen molar-refractivity contribution in [1.29, 1.82) is 0 Å². The van der Waals surface area contributed by atoms with Crippen molar-refractivity contribution in [3.8, 4) is 5.88 Å². The third kappa shape index (κ3) is 5.93. The normalized spacial score (nSPS) is 26.4. The molecule has 1 amide bonds. The van der Waals surface area contributed by atoms with E-state index in [1.165, 1.54) is 0 Å². The molecular weight excluding hydrogens is 627 g/mol. The van der Waals surface area contributed by atoms with Crippen LogP contribution in [0.3, 0.4) is 0 Å². The number of rotatable bonds is 8. The molecule has 7 rings (SSSR count). The fraction of sp³-hybridized carbons (Fsp3) is 0.438. The number of Topliss-reactive ketones (excluding diaryl/α,β-unsaturated/α-hetero) is 1. The van der Waals surface area contributed by atoms with Crippen LogP contribution in [0.2, 0.25) is 0 Å². The van der Waals surface area contributed by atoms with Crippen LogP contribution in [0.4, 0.5) is 19.0 Å². The van der Waals surface area contributed by atoms with Crippen LogP contribution in [0.1, 0.15) is 65.4 Å². The van der Waals surface area contributed by atoms with Crippen LogP contribution < -0.4 is 10.1 Å². The van der Waals surface area contributed by atoms with E-state index in [1.807, 2.05) is 36.4 Å². The molecule has 0 radical (unpaired) electrons. The van der Waals surface area contributed by atoms with Gasteiger partial charge >= 0.3 is 6.18 Å². The molecule has 1 saturated heterocycles. The van der Waals surface area contributed by atoms with Crippen molar-refractivity contribution >= 4 is 33.4 Å². The van der Waals surface area contributed by atoms with Crippen molar-refractivity contribution in [3.63, 3.8) is 0 Å². The van der Waals surface area contributed by atoms with E-state index >= 15 is 0 Å². The molecule has 4 fully saturated rings. The van der Waals surface area contributed by atoms with Gasteiger partial charge in [0.25, 0.3) is 0 Å². The highest BCUT2D eigenvalue weighted by Crippen LogP contribution is 2.68. The Morgan fingerprint density at radius 1 is 1.14 bits per heavy atom. The number of nitrogens with one attached hydrogen (secondary N) is 1. The molecule has 0 spiro atoms. The van der Waals surface area contributed by atoms with E-state index in [9.17, 15) is 22.8 Å². The number of fused-ring (bicyclic) bond motifs is 1. The molecule has 43 heavy (non-hydrogen) atoms. The summed E-state index contributed by atoms with van der Waals surface area (Å²) in [6.07, 6.45) is -2.38. The molecule has 3 heterocycles. The summed E-state index contributed by atoms with van der Waals surface area (Å²) in [5.74, 6) is -1.62. The minimum Gasteiger partial charge on any atom is -0.473 e. The van der Waals surface area contributed by atoms with Crippen molar-refractivity contribution in [2.24, 2.45) is 23.2 Å². The van der Waals surface area contributed by atoms with Crippen LogP contribution in [0.15, 0.2) is 59.2 Å². The number of carbonyl (C=O) groups is 2. The van der Waals surface area contributed by atoms with Crippen LogP contribution in [0.5, 0.6) is 5.88 Å². The predicted octanol–water partition coefficient (Wildman–Crippen LogP) is 7.39. The summed E-state index contributed by atoms with van der Waals surface area (Å²) in [4.78, 5) is 35.9. The molecule has 3 aliphatic carbocycles. The number of aromatic nitrogens is 2. The second kappa shape index (κ2) is 11.6. The van der Waals surface area contributed by atoms with Crippen molar-refractivity contribution in [2.75, 3.05) is 11.9 Å². The number of benzene rings is 1. The molecule has 3 aromatic rings. The zero-order chi connectivity index (χ0) is 30.4. The lowest BCUT2D eigenvalue weighted by atomic mass is 9.68. The average molecular weight is 659 g/mol. The summed E-state index contributed by atoms with van der Waals surface area (Å²) < 4.78 is 53.3. The van der Waals surface area contributed by atoms with E-state index in [-0.39, 0.29) is 48.6 Å². The van der Waals surface area contributed by atoms with E-state index in [2.05, 4.69) is 31.2 Å². The first-order chi connectivity index (χ1) is 20.5. The number of hydrogen-bond acceptors (Lipinski definition) is 6. The highest BCUT2D eigenvalue weighted by Gasteiger charge is 2.69. The Morgan fingerprint density at radius 2 is 1.91 bits per heavy atom. The first-order valence-corrected chi connectivity index (χ1v) is 15.2. The van der Waals surface area contributed by atoms with Crippen molar-refractivity contribution in [3.05, 3.63) is 81.6 Å². The number of hydrogen-bond donors (Lipinski definition) is 1. The summed E-state index contributed by atoms with van der Waals surface area (Å²) in [5, 5.41) is 2.83. The number of carbonyl (C=O) groups excluding carboxylic acids is 2. The molecule has 7 nitrogen and oxygen atoms in total. The van der Waals surface area contributed by atoms with Crippen LogP contribution in [-0.4, -0.2) is 34.4 Å². The van der Waals surface area contributed by atoms with E-state index in [0.29, 0.717) is 42.1 Å². The predicted molar refractivity (Wildman–Crippen MR) is 155 cm³/mol. The highest BCUT2D eigenvalue weighted by atomic mass is 79.9. The lowest BCUT2D eigenvalue weighted by Gasteiger charge is -2.39. The summed E-state index contributed by atoms with van der Waals surface area (Å²) in [5.41, 5.74) is 0.772. The van der Waals surface area contributed by atoms with Crippen molar-refractivity contribution < 1.29 is 32.2 Å². The summed E-state index contributed by atoms with van der Waals surface area (Å²) >= 11 is 3.39. The van der Waals surface area contributed by atoms with Crippen LogP contribution in [0, 0.1) is 30.1 Å². The van der Waals surface area contributed by atoms with Gasteiger partial charge in [-0.25, -0.2) is 9.97 Å². The van der Waals surface area contributed by atoms with Gasteiger partial charge in [0.1, 0.15) is 12.4 Å². The van der Waals surface area contributed by atoms with E-state index < -0.39 is 29.2 Å². The number of nitrogens with zero attached hydrogens (tertiary/aromatic N) is 2. The van der Waals surface area contributed by atoms with Gasteiger partial charge in [-0.3, -0.25) is 9.59 Å². The molecule has 3 atom stereocenters. The first kappa shape index (κ1) is 29.7. The molecule has 1 aromatic carbocycles. The van der Waals surface area contributed by atoms with Gasteiger partial charge in [0, 0.05) is 35.2 Å². The number of aryl methyl sites for hydroxylation is 1. The van der Waals surface area contributed by atoms with E-state index in [0.717, 1.165) is 11.1 Å². The van der Waals surface area contributed by atoms with Gasteiger partial charge in [-0.2, -0.15) is 13.2 Å². The Kier molecular flexibility index (Phi) is 8.06. The molecular formula is C32H31BrF3N3O4. The fourth-order valence-corrected chi connectivity index (χ4v) is 6.90. The summed E-state index contributed by atoms with van der Waals surface area (Å²) in [6.45, 7) is 2.48. The molecule has 4 aliphatic rings. The van der Waals surface area contributed by atoms with Crippen LogP contribution in [0.25, 0.3) is 0 Å². The maximum absolute atomic E-state index is 13.7. The van der Waals surface area contributed by atoms with Gasteiger partial charge in [0.15, 0.2) is 5.78 Å². The fourth-order valence-electron chi connectivity index (χ4n) is 6.59. The third-order valence-electron chi connectivity index (χ3n) is 9.10. The Labute approximate surface area is 255 Å². The molecule has 1 N–H and O–H groups in total. The van der Waals surface area contributed by atoms with Gasteiger partial charge < -0.3 is 14.8 Å². The van der Waals surface area contributed by atoms with Gasteiger partial charge in [0.2, 0.25) is 11.8 Å². The quantitative estimate of drug-likeness (QED) is 0.254. The second-order valence-electron chi connectivity index (χ2n) is 11.8. The molecule has 0 unspecified atom stereocenters. The topological polar surface area (TPSA) is 90.4 Å². The SMILES string of the molecule is Cc1nc(NC(=O)[C@H]2CCO[C@@H](c3ccc(OCc4ccccc4)nc3)C2)c(C(=O)[C@H]2CC3(C(F)(F)F)CC2C3)cc1Br. The second-order valence-corrected chi connectivity index (χ2v) is 12.7. The Hall–Kier alpha value is -3.31. The maximum Gasteiger partial charge on any atom is 0.394 e. The zero-order valence-electron chi connectivity index (χ0n) is 23.5. The molecule has 2 bridgehead atoms. The molecule has 1 aliphatic heterocycles. The van der Waals surface area contributed by atoms with Crippen LogP contribution >= 0.6 is 15.9 Å². The number of anilines is 1. The molecule has 2 aromatic heterocycles. The standard InChI is InChI=1S/C32H31BrF3N3O4/c1-18-25(33)12-23(28(40)24-15-31(32(34,35)36)13-22(24)14-31)29(38-18)39-30(41)20-9-10-42-26(11-20)21-7-8-27(37-16-21)43-17-19-5-3-2-4-6-19/h2-8,12,16,20,22,24,26H,9-11,13-15,17H2,1H3,(H,38,39,41)/t20-,22?,24-,26+,31?/m0/s1. The van der Waals surface area contributed by atoms with Crippen molar-refractivity contribution in [1.82, 2.24) is 9.97 Å². The Balaban J connectivity index is 1.12. The smallest absolute Gasteiger partial charge is 0.394 e. The highest BCUT2D eigenvalue weighted by molar-refractivity contribution is 9.10. The summed E-state index contributed by atoms with van der Waals surface area (Å²) in [6, 6.07) is 15.0. The third-order valence-corrected chi connectivity index (χ3v) is 9.90. The Morgan fingerprint density at radius 3 is 2.58 bits per heavy atom. The number of alkyl halides is 3. The maximum atomic E-state index is 13.7.